The van der Waals surface area contributed by atoms with Crippen LogP contribution < -0.4 is 10.1 Å². The van der Waals surface area contributed by atoms with E-state index in [4.69, 9.17) is 4.74 Å². The van der Waals surface area contributed by atoms with E-state index in [0.29, 0.717) is 36.7 Å². The van der Waals surface area contributed by atoms with E-state index >= 15 is 0 Å². The number of fused-ring (bicyclic) bond motifs is 1. The molecule has 0 aliphatic heterocycles. The molecule has 2 heterocycles. The van der Waals surface area contributed by atoms with Gasteiger partial charge in [0.05, 0.1) is 12.3 Å². The minimum Gasteiger partial charge on any atom is -0.490 e. The maximum absolute atomic E-state index is 12.2. The molecule has 0 radical (unpaired) electrons. The zero-order valence-electron chi connectivity index (χ0n) is 11.6. The molecule has 5 nitrogen and oxygen atoms in total. The highest BCUT2D eigenvalue weighted by Gasteiger charge is 2.19. The van der Waals surface area contributed by atoms with Crippen molar-refractivity contribution in [3.63, 3.8) is 0 Å². The first-order valence-electron chi connectivity index (χ1n) is 6.63. The molecule has 1 N–H and O–H groups in total. The van der Waals surface area contributed by atoms with E-state index in [9.17, 15) is 4.79 Å². The summed E-state index contributed by atoms with van der Waals surface area (Å²) in [7, 11) is 0. The van der Waals surface area contributed by atoms with Crippen LogP contribution in [0.3, 0.4) is 0 Å². The number of ether oxygens (including phenoxy) is 1. The molecule has 0 saturated heterocycles. The average molecular weight is 261 g/mol. The second-order valence-electron chi connectivity index (χ2n) is 4.12. The Hall–Kier alpha value is -2.04. The van der Waals surface area contributed by atoms with Gasteiger partial charge in [-0.15, -0.1) is 0 Å². The van der Waals surface area contributed by atoms with Gasteiger partial charge in [-0.05, 0) is 32.4 Å². The van der Waals surface area contributed by atoms with Crippen LogP contribution in [0.5, 0.6) is 5.75 Å². The zero-order valence-corrected chi connectivity index (χ0v) is 11.6. The number of aromatic nitrogens is 2. The fourth-order valence-electron chi connectivity index (χ4n) is 2.09. The van der Waals surface area contributed by atoms with E-state index in [0.717, 1.165) is 5.69 Å². The minimum absolute atomic E-state index is 0.0968. The Kier molecular flexibility index (Phi) is 4.04. The van der Waals surface area contributed by atoms with Crippen molar-refractivity contribution in [2.45, 2.75) is 27.2 Å². The third-order valence-electron chi connectivity index (χ3n) is 2.87. The highest BCUT2D eigenvalue weighted by atomic mass is 16.5. The van der Waals surface area contributed by atoms with Crippen LogP contribution in [0, 0.1) is 0 Å². The monoisotopic (exact) mass is 261 g/mol. The van der Waals surface area contributed by atoms with E-state index < -0.39 is 0 Å². The van der Waals surface area contributed by atoms with Gasteiger partial charge in [0.2, 0.25) is 0 Å². The van der Waals surface area contributed by atoms with Gasteiger partial charge in [-0.2, -0.15) is 0 Å². The Labute approximate surface area is 112 Å². The Morgan fingerprint density at radius 3 is 2.84 bits per heavy atom. The van der Waals surface area contributed by atoms with Crippen molar-refractivity contribution < 1.29 is 9.53 Å². The molecule has 0 fully saturated rings. The van der Waals surface area contributed by atoms with Gasteiger partial charge in [-0.3, -0.25) is 9.20 Å². The predicted octanol–water partition coefficient (Wildman–Crippen LogP) is 2.05. The van der Waals surface area contributed by atoms with Crippen LogP contribution >= 0.6 is 0 Å². The predicted molar refractivity (Wildman–Crippen MR) is 73.7 cm³/mol. The van der Waals surface area contributed by atoms with Crippen LogP contribution in [-0.2, 0) is 6.42 Å². The van der Waals surface area contributed by atoms with Crippen LogP contribution in [-0.4, -0.2) is 28.4 Å². The molecule has 2 aromatic rings. The molecule has 0 aromatic carbocycles. The second kappa shape index (κ2) is 5.73. The lowest BCUT2D eigenvalue weighted by Gasteiger charge is -2.06. The first kappa shape index (κ1) is 13.4. The number of rotatable bonds is 5. The maximum atomic E-state index is 12.2. The number of pyridine rings is 1. The van der Waals surface area contributed by atoms with Crippen LogP contribution in [0.25, 0.3) is 5.65 Å². The summed E-state index contributed by atoms with van der Waals surface area (Å²) in [6, 6.07) is 3.73. The van der Waals surface area contributed by atoms with Gasteiger partial charge < -0.3 is 10.1 Å². The van der Waals surface area contributed by atoms with E-state index in [1.165, 1.54) is 0 Å². The van der Waals surface area contributed by atoms with Crippen molar-refractivity contribution in [1.82, 2.24) is 14.7 Å². The van der Waals surface area contributed by atoms with Crippen molar-refractivity contribution in [1.29, 1.82) is 0 Å². The lowest BCUT2D eigenvalue weighted by molar-refractivity contribution is 0.0949. The number of imidazole rings is 1. The second-order valence-corrected chi connectivity index (χ2v) is 4.12. The van der Waals surface area contributed by atoms with Crippen LogP contribution in [0.1, 0.15) is 37.0 Å². The van der Waals surface area contributed by atoms with Gasteiger partial charge in [0.15, 0.2) is 11.4 Å². The molecule has 19 heavy (non-hydrogen) atoms. The summed E-state index contributed by atoms with van der Waals surface area (Å²) in [5.41, 5.74) is 2.08. The molecule has 1 amide bonds. The Morgan fingerprint density at radius 1 is 1.42 bits per heavy atom. The number of hydrogen-bond donors (Lipinski definition) is 1. The summed E-state index contributed by atoms with van der Waals surface area (Å²) in [5, 5.41) is 2.83. The first-order chi connectivity index (χ1) is 9.22. The van der Waals surface area contributed by atoms with Crippen LogP contribution in [0.2, 0.25) is 0 Å². The fourth-order valence-corrected chi connectivity index (χ4v) is 2.09. The smallest absolute Gasteiger partial charge is 0.270 e. The van der Waals surface area contributed by atoms with Crippen molar-refractivity contribution >= 4 is 11.6 Å². The number of nitrogens with zero attached hydrogens (tertiary/aromatic N) is 2. The van der Waals surface area contributed by atoms with Gasteiger partial charge >= 0.3 is 0 Å². The Bertz CT molecular complexity index is 590. The number of amides is 1. The quantitative estimate of drug-likeness (QED) is 0.896. The highest BCUT2D eigenvalue weighted by Crippen LogP contribution is 2.22. The summed E-state index contributed by atoms with van der Waals surface area (Å²) in [4.78, 5) is 16.7. The minimum atomic E-state index is -0.0968. The average Bonchev–Trinajstić information content (AvgIpc) is 2.79. The van der Waals surface area contributed by atoms with Gasteiger partial charge in [0.25, 0.3) is 5.91 Å². The number of nitrogens with one attached hydrogen (secondary N) is 1. The van der Waals surface area contributed by atoms with E-state index in [2.05, 4.69) is 10.3 Å². The third-order valence-corrected chi connectivity index (χ3v) is 2.87. The maximum Gasteiger partial charge on any atom is 0.270 e. The number of aryl methyl sites for hydroxylation is 1. The summed E-state index contributed by atoms with van der Waals surface area (Å²) < 4.78 is 7.36. The fraction of sp³-hybridized carbons (Fsp3) is 0.429. The zero-order chi connectivity index (χ0) is 13.8. The van der Waals surface area contributed by atoms with Gasteiger partial charge in [-0.1, -0.05) is 6.92 Å². The standard InChI is InChI=1S/C14H19N3O2/c1-4-10-12(14(18)15-5-2)17-9-7-8-11(19-6-3)13(17)16-10/h7-9H,4-6H2,1-3H3,(H,15,18). The molecule has 0 aliphatic carbocycles. The molecule has 5 heteroatoms. The Balaban J connectivity index is 2.61. The van der Waals surface area contributed by atoms with Crippen LogP contribution in [0.4, 0.5) is 0 Å². The number of carbonyl (C=O) groups excluding carboxylic acids is 1. The SMILES string of the molecule is CCNC(=O)c1c(CC)nc2c(OCC)cccn12. The number of carbonyl (C=O) groups is 1. The highest BCUT2D eigenvalue weighted by molar-refractivity contribution is 5.95. The summed E-state index contributed by atoms with van der Waals surface area (Å²) in [5.74, 6) is 0.607. The molecule has 2 rings (SSSR count). The molecule has 0 unspecified atom stereocenters. The lowest BCUT2D eigenvalue weighted by atomic mass is 10.2. The van der Waals surface area contributed by atoms with Crippen molar-refractivity contribution in [2.24, 2.45) is 0 Å². The molecule has 0 saturated carbocycles. The van der Waals surface area contributed by atoms with Gasteiger partial charge in [0, 0.05) is 12.7 Å². The molecule has 0 atom stereocenters. The largest absolute Gasteiger partial charge is 0.490 e. The molecule has 0 spiro atoms. The van der Waals surface area contributed by atoms with E-state index in [1.54, 1.807) is 4.40 Å². The van der Waals surface area contributed by atoms with E-state index in [1.807, 2.05) is 39.1 Å². The number of hydrogen-bond acceptors (Lipinski definition) is 3. The topological polar surface area (TPSA) is 55.6 Å². The normalized spacial score (nSPS) is 10.7. The molecule has 2 aromatic heterocycles. The molecular formula is C14H19N3O2. The molecule has 102 valence electrons. The first-order valence-corrected chi connectivity index (χ1v) is 6.63. The Morgan fingerprint density at radius 2 is 2.21 bits per heavy atom. The van der Waals surface area contributed by atoms with Gasteiger partial charge in [-0.25, -0.2) is 4.98 Å². The summed E-state index contributed by atoms with van der Waals surface area (Å²) in [6.45, 7) is 6.99. The molecule has 0 bridgehead atoms. The third kappa shape index (κ3) is 2.41. The van der Waals surface area contributed by atoms with Crippen LogP contribution in [0.15, 0.2) is 18.3 Å². The van der Waals surface area contributed by atoms with E-state index in [-0.39, 0.29) is 5.91 Å². The van der Waals surface area contributed by atoms with Gasteiger partial charge in [0.1, 0.15) is 5.69 Å². The summed E-state index contributed by atoms with van der Waals surface area (Å²) in [6.07, 6.45) is 2.55. The molecular weight excluding hydrogens is 242 g/mol. The van der Waals surface area contributed by atoms with Crippen molar-refractivity contribution in [2.75, 3.05) is 13.2 Å². The van der Waals surface area contributed by atoms with Crippen molar-refractivity contribution in [3.8, 4) is 5.75 Å². The van der Waals surface area contributed by atoms with Crippen molar-refractivity contribution in [3.05, 3.63) is 29.7 Å². The summed E-state index contributed by atoms with van der Waals surface area (Å²) >= 11 is 0. The molecule has 0 aliphatic rings. The lowest BCUT2D eigenvalue weighted by Crippen LogP contribution is -2.25.